The molecule has 0 atom stereocenters. The molecule has 2 aromatic rings. The van der Waals surface area contributed by atoms with Gasteiger partial charge in [-0.3, -0.25) is 0 Å². The molecule has 20 heavy (non-hydrogen) atoms. The molecule has 0 fully saturated rings. The number of rotatable bonds is 4. The molecule has 0 aliphatic heterocycles. The van der Waals surface area contributed by atoms with Gasteiger partial charge in [0.25, 0.3) is 0 Å². The maximum atomic E-state index is 14.0. The molecule has 0 aliphatic rings. The molecule has 2 rings (SSSR count). The normalized spacial score (nSPS) is 10.7. The van der Waals surface area contributed by atoms with E-state index in [4.69, 9.17) is 27.9 Å². The van der Waals surface area contributed by atoms with E-state index in [-0.39, 0.29) is 5.82 Å². The summed E-state index contributed by atoms with van der Waals surface area (Å²) in [6, 6.07) is 8.31. The van der Waals surface area contributed by atoms with Crippen LogP contribution in [-0.4, -0.2) is 14.2 Å². The van der Waals surface area contributed by atoms with Gasteiger partial charge < -0.3 is 10.1 Å². The highest BCUT2D eigenvalue weighted by atomic mass is 35.5. The van der Waals surface area contributed by atoms with Gasteiger partial charge in [0.1, 0.15) is 11.6 Å². The third-order valence-electron chi connectivity index (χ3n) is 2.97. The van der Waals surface area contributed by atoms with Crippen LogP contribution < -0.4 is 10.1 Å². The Morgan fingerprint density at radius 3 is 2.50 bits per heavy atom. The van der Waals surface area contributed by atoms with Gasteiger partial charge in [0.05, 0.1) is 17.2 Å². The predicted molar refractivity (Wildman–Crippen MR) is 81.2 cm³/mol. The summed E-state index contributed by atoms with van der Waals surface area (Å²) >= 11 is 12.3. The maximum Gasteiger partial charge on any atom is 0.138 e. The molecule has 0 saturated carbocycles. The Morgan fingerprint density at radius 1 is 1.15 bits per heavy atom. The van der Waals surface area contributed by atoms with E-state index in [0.717, 1.165) is 0 Å². The van der Waals surface area contributed by atoms with E-state index in [9.17, 15) is 4.39 Å². The first-order valence-electron chi connectivity index (χ1n) is 6.03. The summed E-state index contributed by atoms with van der Waals surface area (Å²) in [7, 11) is 3.29. The number of methoxy groups -OCH3 is 1. The van der Waals surface area contributed by atoms with E-state index in [2.05, 4.69) is 5.32 Å². The molecule has 0 amide bonds. The summed E-state index contributed by atoms with van der Waals surface area (Å²) in [4.78, 5) is 0. The highest BCUT2D eigenvalue weighted by Gasteiger charge is 2.11. The lowest BCUT2D eigenvalue weighted by molar-refractivity contribution is 0.415. The van der Waals surface area contributed by atoms with E-state index in [1.165, 1.54) is 13.2 Å². The molecule has 0 bridgehead atoms. The lowest BCUT2D eigenvalue weighted by Gasteiger charge is -2.10. The van der Waals surface area contributed by atoms with Crippen molar-refractivity contribution in [3.63, 3.8) is 0 Å². The number of halogens is 3. The van der Waals surface area contributed by atoms with Crippen molar-refractivity contribution in [1.29, 1.82) is 0 Å². The summed E-state index contributed by atoms with van der Waals surface area (Å²) in [6.45, 7) is 0.475. The first-order valence-corrected chi connectivity index (χ1v) is 6.79. The number of hydrogen-bond donors (Lipinski definition) is 1. The van der Waals surface area contributed by atoms with Crippen molar-refractivity contribution in [2.75, 3.05) is 14.2 Å². The quantitative estimate of drug-likeness (QED) is 0.895. The highest BCUT2D eigenvalue weighted by Crippen LogP contribution is 2.37. The van der Waals surface area contributed by atoms with E-state index in [0.29, 0.717) is 39.0 Å². The van der Waals surface area contributed by atoms with Crippen LogP contribution in [0.25, 0.3) is 11.1 Å². The fraction of sp³-hybridized carbons (Fsp3) is 0.200. The lowest BCUT2D eigenvalue weighted by Crippen LogP contribution is -2.06. The minimum absolute atomic E-state index is 0.278. The van der Waals surface area contributed by atoms with Crippen LogP contribution in [0.4, 0.5) is 4.39 Å². The summed E-state index contributed by atoms with van der Waals surface area (Å²) in [5.74, 6) is 0.215. The summed E-state index contributed by atoms with van der Waals surface area (Å²) in [5, 5.41) is 3.82. The van der Waals surface area contributed by atoms with Gasteiger partial charge in [0.2, 0.25) is 0 Å². The second-order valence-corrected chi connectivity index (χ2v) is 5.12. The van der Waals surface area contributed by atoms with E-state index >= 15 is 0 Å². The van der Waals surface area contributed by atoms with Crippen LogP contribution >= 0.6 is 23.2 Å². The van der Waals surface area contributed by atoms with Crippen molar-refractivity contribution >= 4 is 23.2 Å². The van der Waals surface area contributed by atoms with Gasteiger partial charge in [-0.1, -0.05) is 35.3 Å². The van der Waals surface area contributed by atoms with Gasteiger partial charge in [-0.15, -0.1) is 0 Å². The number of nitrogens with one attached hydrogen (secondary N) is 1. The van der Waals surface area contributed by atoms with Gasteiger partial charge >= 0.3 is 0 Å². The Morgan fingerprint density at radius 2 is 1.90 bits per heavy atom. The molecule has 106 valence electrons. The van der Waals surface area contributed by atoms with Crippen molar-refractivity contribution in [3.05, 3.63) is 51.8 Å². The van der Waals surface area contributed by atoms with Crippen LogP contribution in [0, 0.1) is 5.82 Å². The van der Waals surface area contributed by atoms with Crippen LogP contribution in [0.5, 0.6) is 5.75 Å². The average molecular weight is 314 g/mol. The minimum Gasteiger partial charge on any atom is -0.495 e. The van der Waals surface area contributed by atoms with Crippen molar-refractivity contribution < 1.29 is 9.13 Å². The largest absolute Gasteiger partial charge is 0.495 e. The Balaban J connectivity index is 2.46. The molecule has 5 heteroatoms. The Kier molecular flexibility index (Phi) is 4.86. The third-order valence-corrected chi connectivity index (χ3v) is 3.58. The van der Waals surface area contributed by atoms with Crippen LogP contribution in [0.2, 0.25) is 10.0 Å². The minimum atomic E-state index is -0.278. The SMILES string of the molecule is CNCc1ccc(-c2cc(Cl)c(OC)cc2Cl)cc1F. The molecule has 2 aromatic carbocycles. The predicted octanol–water partition coefficient (Wildman–Crippen LogP) is 4.53. The highest BCUT2D eigenvalue weighted by molar-refractivity contribution is 6.36. The van der Waals surface area contributed by atoms with Gasteiger partial charge in [0, 0.05) is 23.7 Å². The fourth-order valence-corrected chi connectivity index (χ4v) is 2.46. The monoisotopic (exact) mass is 313 g/mol. The lowest BCUT2D eigenvalue weighted by atomic mass is 10.0. The average Bonchev–Trinajstić information content (AvgIpc) is 2.43. The molecular weight excluding hydrogens is 300 g/mol. The summed E-state index contributed by atoms with van der Waals surface area (Å²) < 4.78 is 19.1. The Labute approximate surface area is 127 Å². The Hall–Kier alpha value is -1.29. The van der Waals surface area contributed by atoms with E-state index in [1.807, 2.05) is 6.07 Å². The van der Waals surface area contributed by atoms with Crippen molar-refractivity contribution in [3.8, 4) is 16.9 Å². The van der Waals surface area contributed by atoms with Crippen LogP contribution in [0.1, 0.15) is 5.56 Å². The van der Waals surface area contributed by atoms with Crippen LogP contribution in [0.15, 0.2) is 30.3 Å². The topological polar surface area (TPSA) is 21.3 Å². The van der Waals surface area contributed by atoms with Gasteiger partial charge in [-0.2, -0.15) is 0 Å². The molecule has 2 nitrogen and oxygen atoms in total. The van der Waals surface area contributed by atoms with Crippen molar-refractivity contribution in [2.24, 2.45) is 0 Å². The van der Waals surface area contributed by atoms with Crippen LogP contribution in [0.3, 0.4) is 0 Å². The maximum absolute atomic E-state index is 14.0. The van der Waals surface area contributed by atoms with E-state index in [1.54, 1.807) is 25.2 Å². The molecule has 0 radical (unpaired) electrons. The fourth-order valence-electron chi connectivity index (χ4n) is 1.95. The molecule has 1 N–H and O–H groups in total. The first-order chi connectivity index (χ1) is 9.56. The number of ether oxygens (including phenoxy) is 1. The molecule has 0 saturated heterocycles. The molecule has 0 heterocycles. The molecule has 0 aromatic heterocycles. The summed E-state index contributed by atoms with van der Waals surface area (Å²) in [5.41, 5.74) is 1.95. The second-order valence-electron chi connectivity index (χ2n) is 4.30. The molecule has 0 unspecified atom stereocenters. The zero-order valence-corrected chi connectivity index (χ0v) is 12.6. The van der Waals surface area contributed by atoms with Crippen molar-refractivity contribution in [2.45, 2.75) is 6.54 Å². The zero-order valence-electron chi connectivity index (χ0n) is 11.1. The molecular formula is C15H14Cl2FNO. The third kappa shape index (κ3) is 3.06. The number of hydrogen-bond acceptors (Lipinski definition) is 2. The van der Waals surface area contributed by atoms with Crippen LogP contribution in [-0.2, 0) is 6.54 Å². The first kappa shape index (κ1) is 15.1. The van der Waals surface area contributed by atoms with Gasteiger partial charge in [0.15, 0.2) is 0 Å². The Bertz CT molecular complexity index is 632. The molecule has 0 aliphatic carbocycles. The molecule has 0 spiro atoms. The number of benzene rings is 2. The van der Waals surface area contributed by atoms with E-state index < -0.39 is 0 Å². The van der Waals surface area contributed by atoms with Crippen molar-refractivity contribution in [1.82, 2.24) is 5.32 Å². The standard InChI is InChI=1S/C15H14Cl2FNO/c1-19-8-10-4-3-9(5-14(10)18)11-6-13(17)15(20-2)7-12(11)16/h3-7,19H,8H2,1-2H3. The zero-order chi connectivity index (χ0) is 14.7. The van der Waals surface area contributed by atoms with Gasteiger partial charge in [-0.25, -0.2) is 4.39 Å². The smallest absolute Gasteiger partial charge is 0.138 e. The van der Waals surface area contributed by atoms with Gasteiger partial charge in [-0.05, 0) is 24.7 Å². The summed E-state index contributed by atoms with van der Waals surface area (Å²) in [6.07, 6.45) is 0. The second kappa shape index (κ2) is 6.44.